The van der Waals surface area contributed by atoms with Crippen LogP contribution in [-0.4, -0.2) is 25.2 Å². The molecule has 0 fully saturated rings. The first-order chi connectivity index (χ1) is 10.5. The number of halogens is 1. The predicted molar refractivity (Wildman–Crippen MR) is 88.4 cm³/mol. The summed E-state index contributed by atoms with van der Waals surface area (Å²) in [5, 5.41) is 6.64. The molecule has 2 aromatic heterocycles. The lowest BCUT2D eigenvalue weighted by Crippen LogP contribution is -2.12. The molecule has 114 valence electrons. The molecule has 1 aromatic carbocycles. The third-order valence-electron chi connectivity index (χ3n) is 3.25. The first-order valence-corrected chi connectivity index (χ1v) is 8.35. The number of aryl methyl sites for hydroxylation is 1. The van der Waals surface area contributed by atoms with E-state index < -0.39 is 10.8 Å². The van der Waals surface area contributed by atoms with E-state index in [1.807, 2.05) is 12.1 Å². The monoisotopic (exact) mass is 336 g/mol. The molecule has 2 N–H and O–H groups in total. The first kappa shape index (κ1) is 14.8. The molecule has 0 bridgehead atoms. The van der Waals surface area contributed by atoms with Gasteiger partial charge in [0.05, 0.1) is 27.1 Å². The van der Waals surface area contributed by atoms with Crippen molar-refractivity contribution in [3.05, 3.63) is 45.8 Å². The molecule has 1 unspecified atom stereocenters. The van der Waals surface area contributed by atoms with Crippen molar-refractivity contribution in [2.24, 2.45) is 7.05 Å². The average Bonchev–Trinajstić information content (AvgIpc) is 2.74. The quantitative estimate of drug-likeness (QED) is 0.720. The largest absolute Gasteiger partial charge is 0.354 e. The summed E-state index contributed by atoms with van der Waals surface area (Å²) in [6.07, 6.45) is 1.60. The fraction of sp³-hybridized carbons (Fsp3) is 0.143. The first-order valence-electron chi connectivity index (χ1n) is 6.42. The molecule has 0 saturated carbocycles. The predicted octanol–water partition coefficient (Wildman–Crippen LogP) is 2.40. The van der Waals surface area contributed by atoms with Crippen molar-refractivity contribution in [2.75, 3.05) is 11.6 Å². The molecule has 0 aliphatic carbocycles. The van der Waals surface area contributed by atoms with Gasteiger partial charge in [-0.1, -0.05) is 23.7 Å². The molecule has 2 heterocycles. The number of pyridine rings is 1. The molecular weight excluding hydrogens is 324 g/mol. The molecule has 0 spiro atoms. The number of rotatable bonds is 3. The topological polar surface area (TPSA) is 79.8 Å². The van der Waals surface area contributed by atoms with Gasteiger partial charge in [-0.3, -0.25) is 18.8 Å². The van der Waals surface area contributed by atoms with Gasteiger partial charge in [-0.25, -0.2) is 4.98 Å². The van der Waals surface area contributed by atoms with Gasteiger partial charge in [-0.05, 0) is 18.2 Å². The van der Waals surface area contributed by atoms with Crippen LogP contribution in [0.4, 0.5) is 11.4 Å². The average molecular weight is 337 g/mol. The third-order valence-corrected chi connectivity index (χ3v) is 4.42. The van der Waals surface area contributed by atoms with E-state index in [9.17, 15) is 9.00 Å². The number of benzene rings is 1. The molecule has 3 rings (SSSR count). The summed E-state index contributed by atoms with van der Waals surface area (Å²) in [6.45, 7) is 0. The Labute approximate surface area is 133 Å². The number of para-hydroxylation sites is 1. The number of aromatic amines is 1. The number of aromatic nitrogens is 3. The molecule has 0 amide bonds. The molecule has 0 radical (unpaired) electrons. The number of H-pyrrole nitrogens is 1. The van der Waals surface area contributed by atoms with Gasteiger partial charge in [-0.15, -0.1) is 0 Å². The molecule has 0 saturated heterocycles. The van der Waals surface area contributed by atoms with E-state index in [0.29, 0.717) is 27.3 Å². The summed E-state index contributed by atoms with van der Waals surface area (Å²) in [7, 11) is 0.452. The number of nitrogens with zero attached hydrogens (tertiary/aromatic N) is 2. The second-order valence-electron chi connectivity index (χ2n) is 4.77. The molecule has 6 nitrogen and oxygen atoms in total. The number of anilines is 2. The van der Waals surface area contributed by atoms with Gasteiger partial charge in [0.25, 0.3) is 5.56 Å². The van der Waals surface area contributed by atoms with E-state index in [1.165, 1.54) is 4.68 Å². The highest BCUT2D eigenvalue weighted by Crippen LogP contribution is 2.28. The van der Waals surface area contributed by atoms with Gasteiger partial charge in [0, 0.05) is 13.3 Å². The summed E-state index contributed by atoms with van der Waals surface area (Å²) in [5.74, 6) is 0. The van der Waals surface area contributed by atoms with Crippen molar-refractivity contribution in [3.8, 4) is 0 Å². The summed E-state index contributed by atoms with van der Waals surface area (Å²) < 4.78 is 13.2. The Morgan fingerprint density at radius 3 is 2.77 bits per heavy atom. The van der Waals surface area contributed by atoms with E-state index in [-0.39, 0.29) is 10.7 Å². The Balaban J connectivity index is 2.20. The SMILES string of the molecule is Cn1[nH]c2nc(Cl)cc(Nc3ccccc3S(C)=O)c2c1=O. The molecular formula is C14H13ClN4O2S. The molecule has 0 aliphatic heterocycles. The Bertz CT molecular complexity index is 948. The van der Waals surface area contributed by atoms with Crippen LogP contribution in [0.2, 0.25) is 5.15 Å². The maximum absolute atomic E-state index is 12.2. The van der Waals surface area contributed by atoms with E-state index in [1.54, 1.807) is 31.5 Å². The zero-order valence-electron chi connectivity index (χ0n) is 11.9. The minimum atomic E-state index is -1.16. The fourth-order valence-corrected chi connectivity index (χ4v) is 3.15. The minimum absolute atomic E-state index is 0.211. The second-order valence-corrected chi connectivity index (χ2v) is 6.50. The zero-order valence-corrected chi connectivity index (χ0v) is 13.5. The Hall–Kier alpha value is -2.12. The number of hydrogen-bond acceptors (Lipinski definition) is 4. The minimum Gasteiger partial charge on any atom is -0.354 e. The second kappa shape index (κ2) is 5.58. The van der Waals surface area contributed by atoms with Gasteiger partial charge in [-0.2, -0.15) is 0 Å². The van der Waals surface area contributed by atoms with Crippen LogP contribution in [-0.2, 0) is 17.8 Å². The van der Waals surface area contributed by atoms with Crippen LogP contribution in [0.15, 0.2) is 40.0 Å². The maximum atomic E-state index is 12.2. The number of hydrogen-bond donors (Lipinski definition) is 2. The van der Waals surface area contributed by atoms with E-state index in [2.05, 4.69) is 15.4 Å². The van der Waals surface area contributed by atoms with Crippen LogP contribution < -0.4 is 10.9 Å². The van der Waals surface area contributed by atoms with Crippen molar-refractivity contribution in [1.82, 2.24) is 14.8 Å². The van der Waals surface area contributed by atoms with Crippen LogP contribution in [0.25, 0.3) is 11.0 Å². The molecule has 1 atom stereocenters. The lowest BCUT2D eigenvalue weighted by Gasteiger charge is -2.11. The maximum Gasteiger partial charge on any atom is 0.277 e. The summed E-state index contributed by atoms with van der Waals surface area (Å²) in [6, 6.07) is 8.79. The van der Waals surface area contributed by atoms with Crippen LogP contribution in [0.3, 0.4) is 0 Å². The Kier molecular flexibility index (Phi) is 3.76. The van der Waals surface area contributed by atoms with E-state index in [0.717, 1.165) is 0 Å². The lowest BCUT2D eigenvalue weighted by molar-refractivity contribution is 0.687. The number of fused-ring (bicyclic) bond motifs is 1. The normalized spacial score (nSPS) is 12.5. The van der Waals surface area contributed by atoms with Gasteiger partial charge >= 0.3 is 0 Å². The Morgan fingerprint density at radius 2 is 2.05 bits per heavy atom. The van der Waals surface area contributed by atoms with Crippen molar-refractivity contribution in [2.45, 2.75) is 4.90 Å². The van der Waals surface area contributed by atoms with Crippen molar-refractivity contribution in [3.63, 3.8) is 0 Å². The molecule has 8 heteroatoms. The number of nitrogens with one attached hydrogen (secondary N) is 2. The zero-order chi connectivity index (χ0) is 15.9. The highest BCUT2D eigenvalue weighted by Gasteiger charge is 2.14. The highest BCUT2D eigenvalue weighted by molar-refractivity contribution is 7.84. The van der Waals surface area contributed by atoms with Crippen molar-refractivity contribution < 1.29 is 4.21 Å². The molecule has 0 aliphatic rings. The van der Waals surface area contributed by atoms with Gasteiger partial charge in [0.1, 0.15) is 10.5 Å². The van der Waals surface area contributed by atoms with Gasteiger partial charge < -0.3 is 5.32 Å². The summed E-state index contributed by atoms with van der Waals surface area (Å²) in [5.41, 5.74) is 1.37. The standard InChI is InChI=1S/C14H13ClN4O2S/c1-19-14(20)12-9(7-11(15)17-13(12)18-19)16-8-5-3-4-6-10(8)22(2)21/h3-7H,1-2H3,(H2,16,17,18). The Morgan fingerprint density at radius 1 is 1.32 bits per heavy atom. The molecule has 22 heavy (non-hydrogen) atoms. The van der Waals surface area contributed by atoms with Crippen LogP contribution in [0, 0.1) is 0 Å². The lowest BCUT2D eigenvalue weighted by atomic mass is 10.2. The van der Waals surface area contributed by atoms with Crippen molar-refractivity contribution >= 4 is 44.8 Å². The van der Waals surface area contributed by atoms with Crippen LogP contribution in [0.1, 0.15) is 0 Å². The fourth-order valence-electron chi connectivity index (χ4n) is 2.25. The van der Waals surface area contributed by atoms with Crippen LogP contribution in [0.5, 0.6) is 0 Å². The van der Waals surface area contributed by atoms with Crippen molar-refractivity contribution in [1.29, 1.82) is 0 Å². The highest BCUT2D eigenvalue weighted by atomic mass is 35.5. The third kappa shape index (κ3) is 2.53. The van der Waals surface area contributed by atoms with E-state index in [4.69, 9.17) is 11.6 Å². The van der Waals surface area contributed by atoms with E-state index >= 15 is 0 Å². The smallest absolute Gasteiger partial charge is 0.277 e. The van der Waals surface area contributed by atoms with Crippen LogP contribution >= 0.6 is 11.6 Å². The summed E-state index contributed by atoms with van der Waals surface area (Å²) >= 11 is 6.01. The van der Waals surface area contributed by atoms with Gasteiger partial charge in [0.15, 0.2) is 5.65 Å². The summed E-state index contributed by atoms with van der Waals surface area (Å²) in [4.78, 5) is 17.0. The molecule has 3 aromatic rings. The van der Waals surface area contributed by atoms with Gasteiger partial charge in [0.2, 0.25) is 0 Å².